The lowest BCUT2D eigenvalue weighted by Crippen LogP contribution is -2.46. The summed E-state index contributed by atoms with van der Waals surface area (Å²) >= 11 is 0. The van der Waals surface area contributed by atoms with Gasteiger partial charge >= 0.3 is 0 Å². The number of sulfonamides is 1. The van der Waals surface area contributed by atoms with Crippen LogP contribution < -0.4 is 15.4 Å². The molecule has 2 rings (SSSR count). The Morgan fingerprint density at radius 1 is 0.931 bits per heavy atom. The van der Waals surface area contributed by atoms with Crippen LogP contribution in [0.15, 0.2) is 47.4 Å². The normalized spacial score (nSPS) is 12.3. The number of hydrogen-bond acceptors (Lipinski definition) is 4. The van der Waals surface area contributed by atoms with E-state index in [4.69, 9.17) is 0 Å². The van der Waals surface area contributed by atoms with Crippen molar-refractivity contribution in [3.8, 4) is 0 Å². The molecular formula is C19H21F2N3O4S. The zero-order valence-electron chi connectivity index (χ0n) is 16.0. The summed E-state index contributed by atoms with van der Waals surface area (Å²) in [6, 6.07) is 7.26. The third-order valence-electron chi connectivity index (χ3n) is 3.91. The Kier molecular flexibility index (Phi) is 6.91. The van der Waals surface area contributed by atoms with Gasteiger partial charge in [0.1, 0.15) is 6.04 Å². The van der Waals surface area contributed by atoms with E-state index in [1.807, 2.05) is 0 Å². The predicted octanol–water partition coefficient (Wildman–Crippen LogP) is 2.86. The van der Waals surface area contributed by atoms with E-state index in [2.05, 4.69) is 15.4 Å². The first-order chi connectivity index (χ1) is 13.5. The van der Waals surface area contributed by atoms with E-state index >= 15 is 0 Å². The molecule has 0 radical (unpaired) electrons. The fourth-order valence-corrected chi connectivity index (χ4v) is 3.52. The third-order valence-corrected chi connectivity index (χ3v) is 5.29. The van der Waals surface area contributed by atoms with Crippen molar-refractivity contribution in [3.05, 3.63) is 54.1 Å². The highest BCUT2D eigenvalue weighted by Gasteiger charge is 2.23. The van der Waals surface area contributed by atoms with Gasteiger partial charge in [0.25, 0.3) is 10.0 Å². The monoisotopic (exact) mass is 425 g/mol. The van der Waals surface area contributed by atoms with E-state index in [1.165, 1.54) is 31.2 Å². The van der Waals surface area contributed by atoms with Gasteiger partial charge < -0.3 is 10.6 Å². The molecule has 2 aromatic rings. The molecule has 0 saturated heterocycles. The van der Waals surface area contributed by atoms with Crippen LogP contribution in [-0.4, -0.2) is 26.3 Å². The summed E-state index contributed by atoms with van der Waals surface area (Å²) in [5, 5.41) is 5.21. The molecule has 0 aliphatic carbocycles. The molecule has 0 saturated carbocycles. The van der Waals surface area contributed by atoms with Crippen molar-refractivity contribution in [2.24, 2.45) is 5.92 Å². The van der Waals surface area contributed by atoms with Gasteiger partial charge in [0.05, 0.1) is 4.90 Å². The second-order valence-electron chi connectivity index (χ2n) is 6.67. The third kappa shape index (κ3) is 5.98. The maximum atomic E-state index is 13.3. The highest BCUT2D eigenvalue weighted by Crippen LogP contribution is 2.20. The first-order valence-corrected chi connectivity index (χ1v) is 10.1. The van der Waals surface area contributed by atoms with Crippen molar-refractivity contribution in [2.45, 2.75) is 31.7 Å². The van der Waals surface area contributed by atoms with Crippen molar-refractivity contribution in [1.29, 1.82) is 0 Å². The minimum atomic E-state index is -4.12. The van der Waals surface area contributed by atoms with E-state index in [0.29, 0.717) is 11.8 Å². The number of nitrogens with one attached hydrogen (secondary N) is 3. The summed E-state index contributed by atoms with van der Waals surface area (Å²) in [6.45, 7) is 4.89. The van der Waals surface area contributed by atoms with Gasteiger partial charge in [-0.15, -0.1) is 0 Å². The minimum absolute atomic E-state index is 0.138. The highest BCUT2D eigenvalue weighted by atomic mass is 32.2. The molecule has 0 aliphatic rings. The number of benzene rings is 2. The summed E-state index contributed by atoms with van der Waals surface area (Å²) in [5.41, 5.74) is 0.553. The van der Waals surface area contributed by atoms with E-state index in [-0.39, 0.29) is 17.5 Å². The maximum Gasteiger partial charge on any atom is 0.261 e. The lowest BCUT2D eigenvalue weighted by Gasteiger charge is -2.21. The predicted molar refractivity (Wildman–Crippen MR) is 105 cm³/mol. The molecule has 0 spiro atoms. The fourth-order valence-electron chi connectivity index (χ4n) is 2.45. The van der Waals surface area contributed by atoms with Crippen LogP contribution in [0.3, 0.4) is 0 Å². The summed E-state index contributed by atoms with van der Waals surface area (Å²) in [7, 11) is -4.12. The van der Waals surface area contributed by atoms with Crippen LogP contribution in [0.4, 0.5) is 20.2 Å². The Balaban J connectivity index is 2.10. The van der Waals surface area contributed by atoms with Crippen LogP contribution >= 0.6 is 0 Å². The molecule has 0 aromatic heterocycles. The summed E-state index contributed by atoms with van der Waals surface area (Å²) < 4.78 is 53.1. The second-order valence-corrected chi connectivity index (χ2v) is 8.35. The molecule has 1 unspecified atom stereocenters. The molecule has 2 aromatic carbocycles. The Hall–Kier alpha value is -3.01. The van der Waals surface area contributed by atoms with Crippen LogP contribution in [0, 0.1) is 17.6 Å². The van der Waals surface area contributed by atoms with E-state index in [9.17, 15) is 26.8 Å². The maximum absolute atomic E-state index is 13.3. The van der Waals surface area contributed by atoms with E-state index in [0.717, 1.165) is 12.1 Å². The summed E-state index contributed by atoms with van der Waals surface area (Å²) in [4.78, 5) is 23.2. The Morgan fingerprint density at radius 3 is 2.03 bits per heavy atom. The number of carbonyl (C=O) groups excluding carboxylic acids is 2. The number of anilines is 2. The van der Waals surface area contributed by atoms with Crippen LogP contribution in [0.1, 0.15) is 20.8 Å². The number of carbonyl (C=O) groups is 2. The molecule has 0 aliphatic heterocycles. The smallest absolute Gasteiger partial charge is 0.261 e. The van der Waals surface area contributed by atoms with Gasteiger partial charge in [0.15, 0.2) is 11.6 Å². The highest BCUT2D eigenvalue weighted by molar-refractivity contribution is 7.92. The largest absolute Gasteiger partial charge is 0.344 e. The molecule has 10 heteroatoms. The van der Waals surface area contributed by atoms with Crippen molar-refractivity contribution < 1.29 is 26.8 Å². The molecule has 7 nitrogen and oxygen atoms in total. The lowest BCUT2D eigenvalue weighted by molar-refractivity contribution is -0.126. The summed E-state index contributed by atoms with van der Waals surface area (Å²) in [5.74, 6) is -3.31. The van der Waals surface area contributed by atoms with Gasteiger partial charge in [-0.05, 0) is 48.4 Å². The Morgan fingerprint density at radius 2 is 1.52 bits per heavy atom. The molecule has 3 N–H and O–H groups in total. The second kappa shape index (κ2) is 8.99. The molecule has 1 atom stereocenters. The van der Waals surface area contributed by atoms with Gasteiger partial charge in [0.2, 0.25) is 11.8 Å². The number of halogens is 2. The zero-order chi connectivity index (χ0) is 21.8. The molecule has 0 bridgehead atoms. The zero-order valence-corrected chi connectivity index (χ0v) is 16.8. The first kappa shape index (κ1) is 22.3. The number of rotatable bonds is 7. The van der Waals surface area contributed by atoms with Crippen LogP contribution in [0.2, 0.25) is 0 Å². The van der Waals surface area contributed by atoms with Gasteiger partial charge in [-0.2, -0.15) is 0 Å². The molecule has 0 heterocycles. The topological polar surface area (TPSA) is 104 Å². The minimum Gasteiger partial charge on any atom is -0.344 e. The summed E-state index contributed by atoms with van der Waals surface area (Å²) in [6.07, 6.45) is 0. The van der Waals surface area contributed by atoms with E-state index < -0.39 is 38.5 Å². The molecular weight excluding hydrogens is 404 g/mol. The van der Waals surface area contributed by atoms with Crippen LogP contribution in [0.5, 0.6) is 0 Å². The Labute approximate surface area is 167 Å². The Bertz CT molecular complexity index is 1010. The van der Waals surface area contributed by atoms with Gasteiger partial charge in [0, 0.05) is 18.3 Å². The number of hydrogen-bond donors (Lipinski definition) is 3. The first-order valence-electron chi connectivity index (χ1n) is 8.65. The quantitative estimate of drug-likeness (QED) is 0.634. The van der Waals surface area contributed by atoms with Crippen LogP contribution in [-0.2, 0) is 19.6 Å². The molecule has 0 fully saturated rings. The average molecular weight is 425 g/mol. The van der Waals surface area contributed by atoms with Gasteiger partial charge in [-0.25, -0.2) is 17.2 Å². The molecule has 156 valence electrons. The average Bonchev–Trinajstić information content (AvgIpc) is 2.62. The fraction of sp³-hybridized carbons (Fsp3) is 0.263. The SMILES string of the molecule is CC(=O)NC(C(=O)Nc1ccc(NS(=O)(=O)c2ccc(F)c(F)c2)cc1)C(C)C. The van der Waals surface area contributed by atoms with Crippen molar-refractivity contribution in [3.63, 3.8) is 0 Å². The van der Waals surface area contributed by atoms with Crippen molar-refractivity contribution in [2.75, 3.05) is 10.0 Å². The van der Waals surface area contributed by atoms with Crippen molar-refractivity contribution >= 4 is 33.2 Å². The van der Waals surface area contributed by atoms with Crippen molar-refractivity contribution in [1.82, 2.24) is 5.32 Å². The van der Waals surface area contributed by atoms with Gasteiger partial charge in [-0.1, -0.05) is 13.8 Å². The standard InChI is InChI=1S/C19H21F2N3O4S/c1-11(2)18(22-12(3)25)19(26)23-13-4-6-14(7-5-13)24-29(27,28)15-8-9-16(20)17(21)10-15/h4-11,18,24H,1-3H3,(H,22,25)(H,23,26). The molecule has 2 amide bonds. The number of amides is 2. The van der Waals surface area contributed by atoms with Crippen LogP contribution in [0.25, 0.3) is 0 Å². The van der Waals surface area contributed by atoms with Gasteiger partial charge in [-0.3, -0.25) is 14.3 Å². The lowest BCUT2D eigenvalue weighted by atomic mass is 10.0. The van der Waals surface area contributed by atoms with E-state index in [1.54, 1.807) is 13.8 Å². The molecule has 29 heavy (non-hydrogen) atoms.